The van der Waals surface area contributed by atoms with Crippen molar-refractivity contribution in [1.82, 2.24) is 5.32 Å². The highest BCUT2D eigenvalue weighted by atomic mass is 35.5. The van der Waals surface area contributed by atoms with Crippen molar-refractivity contribution in [3.05, 3.63) is 64.4 Å². The Morgan fingerprint density at radius 1 is 1.17 bits per heavy atom. The van der Waals surface area contributed by atoms with E-state index in [-0.39, 0.29) is 11.7 Å². The van der Waals surface area contributed by atoms with E-state index in [1.807, 2.05) is 12.1 Å². The van der Waals surface area contributed by atoms with Gasteiger partial charge in [0.25, 0.3) is 5.91 Å². The normalized spacial score (nSPS) is 10.4. The zero-order valence-corrected chi connectivity index (χ0v) is 13.7. The summed E-state index contributed by atoms with van der Waals surface area (Å²) in [5.74, 6) is 0.144. The van der Waals surface area contributed by atoms with Crippen LogP contribution in [0.5, 0.6) is 5.75 Å². The fourth-order valence-electron chi connectivity index (χ4n) is 1.99. The maximum Gasteiger partial charge on any atom is 0.251 e. The molecule has 0 aromatic heterocycles. The molecule has 2 aromatic rings. The van der Waals surface area contributed by atoms with Crippen LogP contribution in [0.15, 0.2) is 42.5 Å². The van der Waals surface area contributed by atoms with Crippen molar-refractivity contribution in [2.45, 2.75) is 19.8 Å². The van der Waals surface area contributed by atoms with Gasteiger partial charge < -0.3 is 10.1 Å². The van der Waals surface area contributed by atoms with Gasteiger partial charge >= 0.3 is 0 Å². The molecule has 0 aliphatic carbocycles. The molecule has 2 aromatic carbocycles. The Bertz CT molecular complexity index is 659. The molecule has 0 heterocycles. The molecule has 0 fully saturated rings. The minimum Gasteiger partial charge on any atom is -0.494 e. The Balaban J connectivity index is 1.64. The van der Waals surface area contributed by atoms with Crippen LogP contribution in [0, 0.1) is 12.7 Å². The van der Waals surface area contributed by atoms with Gasteiger partial charge in [-0.25, -0.2) is 4.39 Å². The number of halogens is 2. The molecule has 0 atom stereocenters. The summed E-state index contributed by atoms with van der Waals surface area (Å²) < 4.78 is 19.0. The number of unbranched alkanes of at least 4 members (excludes halogenated alkanes) is 1. The third-order valence-corrected chi connectivity index (χ3v) is 3.63. The number of nitrogens with one attached hydrogen (secondary N) is 1. The molecule has 1 N–H and O–H groups in total. The monoisotopic (exact) mass is 335 g/mol. The van der Waals surface area contributed by atoms with Gasteiger partial charge in [-0.2, -0.15) is 0 Å². The summed E-state index contributed by atoms with van der Waals surface area (Å²) in [5.41, 5.74) is 0.867. The van der Waals surface area contributed by atoms with Gasteiger partial charge in [-0.05, 0) is 61.7 Å². The molecule has 0 bridgehead atoms. The highest BCUT2D eigenvalue weighted by Gasteiger charge is 2.07. The van der Waals surface area contributed by atoms with Crippen LogP contribution in [0.2, 0.25) is 5.02 Å². The van der Waals surface area contributed by atoms with Crippen LogP contribution in [0.3, 0.4) is 0 Å². The molecule has 0 aliphatic rings. The second-order valence-electron chi connectivity index (χ2n) is 5.23. The maximum atomic E-state index is 13.4. The SMILES string of the molecule is Cc1ccc(C(=O)NCCCCOc2ccc(Cl)cc2)cc1F. The number of ether oxygens (including phenoxy) is 1. The van der Waals surface area contributed by atoms with E-state index in [0.29, 0.717) is 29.3 Å². The van der Waals surface area contributed by atoms with E-state index in [2.05, 4.69) is 5.32 Å². The standard InChI is InChI=1S/C18H19ClFNO2/c1-13-4-5-14(12-17(13)20)18(22)21-10-2-3-11-23-16-8-6-15(19)7-9-16/h4-9,12H,2-3,10-11H2,1H3,(H,21,22). The number of carbonyl (C=O) groups excluding carboxylic acids is 1. The molecule has 0 saturated carbocycles. The van der Waals surface area contributed by atoms with E-state index in [1.54, 1.807) is 31.2 Å². The molecule has 3 nitrogen and oxygen atoms in total. The highest BCUT2D eigenvalue weighted by Crippen LogP contribution is 2.15. The van der Waals surface area contributed by atoms with Crippen molar-refractivity contribution >= 4 is 17.5 Å². The Hall–Kier alpha value is -2.07. The molecule has 1 amide bonds. The molecular weight excluding hydrogens is 317 g/mol. The molecule has 122 valence electrons. The van der Waals surface area contributed by atoms with Gasteiger partial charge in [0.15, 0.2) is 0 Å². The topological polar surface area (TPSA) is 38.3 Å². The fraction of sp³-hybridized carbons (Fsp3) is 0.278. The number of rotatable bonds is 7. The third-order valence-electron chi connectivity index (χ3n) is 3.37. The van der Waals surface area contributed by atoms with Crippen molar-refractivity contribution in [1.29, 1.82) is 0 Å². The van der Waals surface area contributed by atoms with Gasteiger partial charge in [-0.1, -0.05) is 17.7 Å². The van der Waals surface area contributed by atoms with Crippen LogP contribution in [-0.4, -0.2) is 19.1 Å². The Morgan fingerprint density at radius 2 is 1.91 bits per heavy atom. The zero-order valence-electron chi connectivity index (χ0n) is 12.9. The lowest BCUT2D eigenvalue weighted by Gasteiger charge is -2.08. The quantitative estimate of drug-likeness (QED) is 0.763. The van der Waals surface area contributed by atoms with Crippen LogP contribution < -0.4 is 10.1 Å². The maximum absolute atomic E-state index is 13.4. The number of carbonyl (C=O) groups is 1. The predicted octanol–water partition coefficient (Wildman–Crippen LogP) is 4.38. The smallest absolute Gasteiger partial charge is 0.251 e. The second-order valence-corrected chi connectivity index (χ2v) is 5.67. The van der Waals surface area contributed by atoms with Crippen LogP contribution in [0.25, 0.3) is 0 Å². The zero-order chi connectivity index (χ0) is 16.7. The summed E-state index contributed by atoms with van der Waals surface area (Å²) in [5, 5.41) is 3.45. The predicted molar refractivity (Wildman–Crippen MR) is 89.7 cm³/mol. The van der Waals surface area contributed by atoms with Gasteiger partial charge in [-0.3, -0.25) is 4.79 Å². The number of amides is 1. The molecule has 2 rings (SSSR count). The molecule has 0 unspecified atom stereocenters. The Kier molecular flexibility index (Phi) is 6.41. The van der Waals surface area contributed by atoms with E-state index >= 15 is 0 Å². The number of hydrogen-bond acceptors (Lipinski definition) is 2. The van der Waals surface area contributed by atoms with Crippen molar-refractivity contribution in [3.8, 4) is 5.75 Å². The first-order valence-corrected chi connectivity index (χ1v) is 7.87. The largest absolute Gasteiger partial charge is 0.494 e. The summed E-state index contributed by atoms with van der Waals surface area (Å²) in [6.07, 6.45) is 1.60. The lowest BCUT2D eigenvalue weighted by atomic mass is 10.1. The number of hydrogen-bond donors (Lipinski definition) is 1. The second kappa shape index (κ2) is 8.53. The van der Waals surface area contributed by atoms with E-state index in [1.165, 1.54) is 6.07 Å². The molecule has 5 heteroatoms. The van der Waals surface area contributed by atoms with Gasteiger partial charge in [0, 0.05) is 17.1 Å². The van der Waals surface area contributed by atoms with E-state index in [9.17, 15) is 9.18 Å². The Morgan fingerprint density at radius 3 is 2.61 bits per heavy atom. The fourth-order valence-corrected chi connectivity index (χ4v) is 2.11. The van der Waals surface area contributed by atoms with Gasteiger partial charge in [-0.15, -0.1) is 0 Å². The molecule has 0 spiro atoms. The number of benzene rings is 2. The van der Waals surface area contributed by atoms with Crippen LogP contribution in [0.1, 0.15) is 28.8 Å². The molecule has 0 radical (unpaired) electrons. The van der Waals surface area contributed by atoms with E-state index in [0.717, 1.165) is 18.6 Å². The summed E-state index contributed by atoms with van der Waals surface area (Å²) in [7, 11) is 0. The molecular formula is C18H19ClFNO2. The molecule has 0 saturated heterocycles. The summed E-state index contributed by atoms with van der Waals surface area (Å²) >= 11 is 5.79. The van der Waals surface area contributed by atoms with Gasteiger partial charge in [0.05, 0.1) is 6.61 Å². The first-order chi connectivity index (χ1) is 11.1. The first kappa shape index (κ1) is 17.3. The minimum absolute atomic E-state index is 0.262. The molecule has 23 heavy (non-hydrogen) atoms. The van der Waals surface area contributed by atoms with E-state index in [4.69, 9.17) is 16.3 Å². The van der Waals surface area contributed by atoms with Gasteiger partial charge in [0.1, 0.15) is 11.6 Å². The third kappa shape index (κ3) is 5.57. The van der Waals surface area contributed by atoms with Crippen LogP contribution in [0.4, 0.5) is 4.39 Å². The van der Waals surface area contributed by atoms with Crippen molar-refractivity contribution < 1.29 is 13.9 Å². The summed E-state index contributed by atoms with van der Waals surface area (Å²) in [6.45, 7) is 2.76. The van der Waals surface area contributed by atoms with Crippen molar-refractivity contribution in [2.24, 2.45) is 0 Å². The number of aryl methyl sites for hydroxylation is 1. The average Bonchev–Trinajstić information content (AvgIpc) is 2.54. The molecule has 0 aliphatic heterocycles. The Labute approximate surface area is 140 Å². The summed E-state index contributed by atoms with van der Waals surface area (Å²) in [4.78, 5) is 11.9. The lowest BCUT2D eigenvalue weighted by Crippen LogP contribution is -2.24. The first-order valence-electron chi connectivity index (χ1n) is 7.49. The van der Waals surface area contributed by atoms with Crippen LogP contribution >= 0.6 is 11.6 Å². The van der Waals surface area contributed by atoms with Crippen molar-refractivity contribution in [2.75, 3.05) is 13.2 Å². The van der Waals surface area contributed by atoms with Gasteiger partial charge in [0.2, 0.25) is 0 Å². The average molecular weight is 336 g/mol. The summed E-state index contributed by atoms with van der Waals surface area (Å²) in [6, 6.07) is 11.7. The van der Waals surface area contributed by atoms with E-state index < -0.39 is 0 Å². The minimum atomic E-state index is -0.367. The van der Waals surface area contributed by atoms with Crippen LogP contribution in [-0.2, 0) is 0 Å². The van der Waals surface area contributed by atoms with Crippen molar-refractivity contribution in [3.63, 3.8) is 0 Å². The lowest BCUT2D eigenvalue weighted by molar-refractivity contribution is 0.0952. The highest BCUT2D eigenvalue weighted by molar-refractivity contribution is 6.30.